The molecule has 2 aromatic heterocycles. The molecule has 0 saturated heterocycles. The highest BCUT2D eigenvalue weighted by Crippen LogP contribution is 2.31. The van der Waals surface area contributed by atoms with Crippen molar-refractivity contribution in [3.05, 3.63) is 123 Å². The molecule has 0 amide bonds. The Labute approximate surface area is 245 Å². The molecule has 4 aromatic carbocycles. The van der Waals surface area contributed by atoms with Crippen LogP contribution in [0.15, 0.2) is 105 Å². The number of rotatable bonds is 8. The first-order chi connectivity index (χ1) is 20.5. The molecule has 0 aliphatic rings. The van der Waals surface area contributed by atoms with Crippen LogP contribution in [0.25, 0.3) is 33.5 Å². The molecule has 42 heavy (non-hydrogen) atoms. The van der Waals surface area contributed by atoms with Crippen molar-refractivity contribution in [1.82, 2.24) is 9.66 Å². The molecule has 206 valence electrons. The maximum absolute atomic E-state index is 13.6. The summed E-state index contributed by atoms with van der Waals surface area (Å²) < 4.78 is 19.1. The molecule has 9 heteroatoms. The quantitative estimate of drug-likeness (QED) is 0.178. The van der Waals surface area contributed by atoms with Gasteiger partial charge in [0.05, 0.1) is 35.4 Å². The Morgan fingerprint density at radius 1 is 1.00 bits per heavy atom. The molecule has 0 atom stereocenters. The second kappa shape index (κ2) is 11.6. The van der Waals surface area contributed by atoms with E-state index in [0.29, 0.717) is 56.5 Å². The predicted molar refractivity (Wildman–Crippen MR) is 162 cm³/mol. The minimum Gasteiger partial charge on any atom is -0.490 e. The van der Waals surface area contributed by atoms with E-state index in [9.17, 15) is 10.1 Å². The fourth-order valence-corrected chi connectivity index (χ4v) is 4.72. The third kappa shape index (κ3) is 5.33. The highest BCUT2D eigenvalue weighted by Gasteiger charge is 2.17. The number of para-hydroxylation sites is 1. The van der Waals surface area contributed by atoms with E-state index in [0.717, 1.165) is 10.9 Å². The van der Waals surface area contributed by atoms with Crippen LogP contribution in [0.2, 0.25) is 5.02 Å². The molecule has 0 aliphatic carbocycles. The van der Waals surface area contributed by atoms with Crippen LogP contribution >= 0.6 is 11.6 Å². The summed E-state index contributed by atoms with van der Waals surface area (Å²) in [5, 5.41) is 15.7. The van der Waals surface area contributed by atoms with E-state index >= 15 is 0 Å². The molecular weight excluding hydrogens is 552 g/mol. The summed E-state index contributed by atoms with van der Waals surface area (Å²) in [5.41, 5.74) is 2.80. The number of hydrogen-bond donors (Lipinski definition) is 0. The van der Waals surface area contributed by atoms with Crippen LogP contribution in [0.3, 0.4) is 0 Å². The zero-order chi connectivity index (χ0) is 29.1. The van der Waals surface area contributed by atoms with Crippen molar-refractivity contribution in [2.75, 3.05) is 6.61 Å². The topological polar surface area (TPSA) is 103 Å². The molecule has 0 saturated carbocycles. The highest BCUT2D eigenvalue weighted by atomic mass is 35.5. The lowest BCUT2D eigenvalue weighted by molar-refractivity contribution is 0.269. The van der Waals surface area contributed by atoms with Crippen molar-refractivity contribution in [3.63, 3.8) is 0 Å². The second-order valence-corrected chi connectivity index (χ2v) is 9.74. The van der Waals surface area contributed by atoms with Crippen LogP contribution in [0, 0.1) is 11.3 Å². The van der Waals surface area contributed by atoms with Gasteiger partial charge in [-0.1, -0.05) is 41.9 Å². The summed E-state index contributed by atoms with van der Waals surface area (Å²) in [6.45, 7) is 2.50. The lowest BCUT2D eigenvalue weighted by Crippen LogP contribution is -2.20. The van der Waals surface area contributed by atoms with Gasteiger partial charge in [-0.15, -0.1) is 0 Å². The molecule has 0 unspecified atom stereocenters. The first-order valence-corrected chi connectivity index (χ1v) is 13.5. The number of furan rings is 1. The van der Waals surface area contributed by atoms with Gasteiger partial charge in [-0.05, 0) is 73.2 Å². The van der Waals surface area contributed by atoms with Crippen molar-refractivity contribution < 1.29 is 13.9 Å². The third-order valence-corrected chi connectivity index (χ3v) is 6.80. The Kier molecular flexibility index (Phi) is 7.41. The van der Waals surface area contributed by atoms with Crippen LogP contribution in [-0.2, 0) is 6.61 Å². The standard InChI is InChI=1S/C33H23ClN4O4/c1-2-40-30-15-21(11-13-29(30)41-20-23-8-4-3-7-22(23)18-35)19-36-38-32(37-27-10-6-5-9-26(27)33(38)39)31-17-24-16-25(34)12-14-28(24)42-31/h3-17,19H,2,20H2,1H3. The van der Waals surface area contributed by atoms with Gasteiger partial charge in [-0.3, -0.25) is 4.79 Å². The number of nitriles is 1. The molecule has 0 radical (unpaired) electrons. The predicted octanol–water partition coefficient (Wildman–Crippen LogP) is 7.19. The normalized spacial score (nSPS) is 11.3. The van der Waals surface area contributed by atoms with E-state index < -0.39 is 0 Å². The van der Waals surface area contributed by atoms with Crippen molar-refractivity contribution >= 4 is 39.7 Å². The van der Waals surface area contributed by atoms with Gasteiger partial charge in [0.15, 0.2) is 17.3 Å². The van der Waals surface area contributed by atoms with Gasteiger partial charge in [0.2, 0.25) is 5.82 Å². The van der Waals surface area contributed by atoms with Gasteiger partial charge in [0.1, 0.15) is 12.2 Å². The number of halogens is 1. The van der Waals surface area contributed by atoms with Crippen molar-refractivity contribution in [1.29, 1.82) is 5.26 Å². The smallest absolute Gasteiger partial charge is 0.282 e. The summed E-state index contributed by atoms with van der Waals surface area (Å²) in [6, 6.07) is 29.0. The van der Waals surface area contributed by atoms with Crippen LogP contribution in [-0.4, -0.2) is 22.5 Å². The molecule has 0 bridgehead atoms. The maximum Gasteiger partial charge on any atom is 0.282 e. The number of hydrogen-bond acceptors (Lipinski definition) is 7. The van der Waals surface area contributed by atoms with Gasteiger partial charge in [-0.2, -0.15) is 15.0 Å². The Morgan fingerprint density at radius 3 is 2.69 bits per heavy atom. The zero-order valence-electron chi connectivity index (χ0n) is 22.5. The number of benzene rings is 4. The number of fused-ring (bicyclic) bond motifs is 2. The SMILES string of the molecule is CCOc1cc(C=Nn2c(-c3cc4cc(Cl)ccc4o3)nc3ccccc3c2=O)ccc1OCc1ccccc1C#N. The molecule has 6 aromatic rings. The van der Waals surface area contributed by atoms with E-state index in [4.69, 9.17) is 30.5 Å². The fourth-order valence-electron chi connectivity index (χ4n) is 4.54. The van der Waals surface area contributed by atoms with Crippen LogP contribution in [0.1, 0.15) is 23.6 Å². The minimum atomic E-state index is -0.341. The van der Waals surface area contributed by atoms with Crippen molar-refractivity contribution in [2.24, 2.45) is 5.10 Å². The molecule has 0 fully saturated rings. The zero-order valence-corrected chi connectivity index (χ0v) is 23.2. The van der Waals surface area contributed by atoms with Gasteiger partial charge in [0.25, 0.3) is 5.56 Å². The maximum atomic E-state index is 13.6. The molecule has 0 N–H and O–H groups in total. The first kappa shape index (κ1) is 26.8. The summed E-state index contributed by atoms with van der Waals surface area (Å²) in [6.07, 6.45) is 1.55. The van der Waals surface area contributed by atoms with E-state index in [1.165, 1.54) is 4.68 Å². The molecular formula is C33H23ClN4O4. The van der Waals surface area contributed by atoms with Crippen LogP contribution in [0.4, 0.5) is 0 Å². The van der Waals surface area contributed by atoms with Crippen molar-refractivity contribution in [2.45, 2.75) is 13.5 Å². The number of ether oxygens (including phenoxy) is 2. The Morgan fingerprint density at radius 2 is 1.83 bits per heavy atom. The molecule has 2 heterocycles. The average molecular weight is 575 g/mol. The lowest BCUT2D eigenvalue weighted by Gasteiger charge is -2.13. The molecule has 0 aliphatic heterocycles. The Bertz CT molecular complexity index is 2070. The summed E-state index contributed by atoms with van der Waals surface area (Å²) in [5.74, 6) is 1.66. The molecule has 0 spiro atoms. The number of aromatic nitrogens is 2. The highest BCUT2D eigenvalue weighted by molar-refractivity contribution is 6.31. The van der Waals surface area contributed by atoms with E-state index in [2.05, 4.69) is 11.2 Å². The Balaban J connectivity index is 1.37. The lowest BCUT2D eigenvalue weighted by atomic mass is 10.1. The molecule has 6 rings (SSSR count). The van der Waals surface area contributed by atoms with E-state index in [1.807, 2.05) is 31.2 Å². The first-order valence-electron chi connectivity index (χ1n) is 13.2. The largest absolute Gasteiger partial charge is 0.490 e. The summed E-state index contributed by atoms with van der Waals surface area (Å²) in [7, 11) is 0. The third-order valence-electron chi connectivity index (χ3n) is 6.56. The fraction of sp³-hybridized carbons (Fsp3) is 0.0909. The van der Waals surface area contributed by atoms with E-state index in [1.54, 1.807) is 72.9 Å². The molecule has 8 nitrogen and oxygen atoms in total. The van der Waals surface area contributed by atoms with Crippen LogP contribution in [0.5, 0.6) is 11.5 Å². The summed E-state index contributed by atoms with van der Waals surface area (Å²) in [4.78, 5) is 18.3. The summed E-state index contributed by atoms with van der Waals surface area (Å²) >= 11 is 6.17. The van der Waals surface area contributed by atoms with Crippen molar-refractivity contribution in [3.8, 4) is 29.2 Å². The van der Waals surface area contributed by atoms with Gasteiger partial charge >= 0.3 is 0 Å². The average Bonchev–Trinajstić information content (AvgIpc) is 3.43. The number of nitrogens with zero attached hydrogens (tertiary/aromatic N) is 4. The minimum absolute atomic E-state index is 0.210. The van der Waals surface area contributed by atoms with E-state index in [-0.39, 0.29) is 18.0 Å². The van der Waals surface area contributed by atoms with Gasteiger partial charge in [0, 0.05) is 16.0 Å². The van der Waals surface area contributed by atoms with Gasteiger partial charge in [-0.25, -0.2) is 4.98 Å². The monoisotopic (exact) mass is 574 g/mol. The Hall–Kier alpha value is -5.39. The second-order valence-electron chi connectivity index (χ2n) is 9.30. The van der Waals surface area contributed by atoms with Crippen LogP contribution < -0.4 is 15.0 Å². The van der Waals surface area contributed by atoms with Gasteiger partial charge < -0.3 is 13.9 Å².